The maximum atomic E-state index is 11.3. The van der Waals surface area contributed by atoms with Crippen molar-refractivity contribution in [2.75, 3.05) is 0 Å². The van der Waals surface area contributed by atoms with E-state index in [2.05, 4.69) is 6.92 Å². The van der Waals surface area contributed by atoms with Gasteiger partial charge >= 0.3 is 0 Å². The van der Waals surface area contributed by atoms with Crippen molar-refractivity contribution in [2.45, 2.75) is 40.0 Å². The number of rotatable bonds is 5. The van der Waals surface area contributed by atoms with Crippen LogP contribution in [0.1, 0.15) is 40.0 Å². The largest absolute Gasteiger partial charge is 0.294 e. The van der Waals surface area contributed by atoms with Crippen LogP contribution in [-0.2, 0) is 4.79 Å². The van der Waals surface area contributed by atoms with E-state index in [1.54, 1.807) is 0 Å². The number of allylic oxidation sites excluding steroid dienone is 4. The molecule has 0 aliphatic rings. The molecule has 0 rings (SSSR count). The number of Topliss-reactive ketones (excluding diaryl/α,β-unsaturated/α-hetero) is 1. The molecule has 0 atom stereocenters. The molecular formula is C11H18O. The van der Waals surface area contributed by atoms with E-state index in [1.807, 2.05) is 32.1 Å². The van der Waals surface area contributed by atoms with Gasteiger partial charge in [-0.3, -0.25) is 4.79 Å². The molecule has 68 valence electrons. The molecule has 0 radical (unpaired) electrons. The van der Waals surface area contributed by atoms with E-state index in [9.17, 15) is 4.79 Å². The first kappa shape index (κ1) is 11.2. The number of ketones is 1. The third-order valence-electron chi connectivity index (χ3n) is 1.66. The molecule has 0 unspecified atom stereocenters. The van der Waals surface area contributed by atoms with Gasteiger partial charge in [0.05, 0.1) is 0 Å². The van der Waals surface area contributed by atoms with Crippen LogP contribution in [0, 0.1) is 0 Å². The lowest BCUT2D eigenvalue weighted by molar-refractivity contribution is -0.114. The summed E-state index contributed by atoms with van der Waals surface area (Å²) in [5.41, 5.74) is 0.887. The van der Waals surface area contributed by atoms with E-state index >= 15 is 0 Å². The van der Waals surface area contributed by atoms with Crippen molar-refractivity contribution in [3.05, 3.63) is 23.8 Å². The van der Waals surface area contributed by atoms with E-state index in [1.165, 1.54) is 0 Å². The van der Waals surface area contributed by atoms with Gasteiger partial charge in [-0.25, -0.2) is 0 Å². The minimum Gasteiger partial charge on any atom is -0.294 e. The van der Waals surface area contributed by atoms with Crippen molar-refractivity contribution in [2.24, 2.45) is 0 Å². The van der Waals surface area contributed by atoms with Crippen molar-refractivity contribution >= 4 is 5.78 Å². The van der Waals surface area contributed by atoms with Gasteiger partial charge in [0.15, 0.2) is 5.78 Å². The Morgan fingerprint density at radius 1 is 1.17 bits per heavy atom. The van der Waals surface area contributed by atoms with E-state index in [4.69, 9.17) is 0 Å². The lowest BCUT2D eigenvalue weighted by Crippen LogP contribution is -1.96. The van der Waals surface area contributed by atoms with Crippen molar-refractivity contribution in [1.82, 2.24) is 0 Å². The summed E-state index contributed by atoms with van der Waals surface area (Å²) in [6.45, 7) is 5.99. The topological polar surface area (TPSA) is 17.1 Å². The number of hydrogen-bond donors (Lipinski definition) is 0. The highest BCUT2D eigenvalue weighted by Crippen LogP contribution is 2.01. The predicted octanol–water partition coefficient (Wildman–Crippen LogP) is 3.27. The van der Waals surface area contributed by atoms with Crippen LogP contribution >= 0.6 is 0 Å². The average Bonchev–Trinajstić information content (AvgIpc) is 2.05. The van der Waals surface area contributed by atoms with Gasteiger partial charge in [-0.2, -0.15) is 0 Å². The third-order valence-corrected chi connectivity index (χ3v) is 1.66. The van der Waals surface area contributed by atoms with Crippen LogP contribution < -0.4 is 0 Å². The Balaban J connectivity index is 3.88. The molecule has 0 bridgehead atoms. The standard InChI is InChI=1S/C11H18O/c1-4-6-7-9-11(12)10(3)8-5-2/h6-8H,4-5,9H2,1-3H3. The second kappa shape index (κ2) is 6.84. The van der Waals surface area contributed by atoms with Crippen LogP contribution in [0.25, 0.3) is 0 Å². The van der Waals surface area contributed by atoms with Gasteiger partial charge in [0.25, 0.3) is 0 Å². The Hall–Kier alpha value is -0.850. The Labute approximate surface area is 75.2 Å². The molecule has 1 heteroatoms. The first-order valence-corrected chi connectivity index (χ1v) is 4.57. The average molecular weight is 166 g/mol. The highest BCUT2D eigenvalue weighted by Gasteiger charge is 1.99. The van der Waals surface area contributed by atoms with Crippen LogP contribution in [0.2, 0.25) is 0 Å². The Bertz CT molecular complexity index is 187. The van der Waals surface area contributed by atoms with E-state index in [-0.39, 0.29) is 5.78 Å². The molecule has 0 aromatic carbocycles. The first-order chi connectivity index (χ1) is 5.72. The van der Waals surface area contributed by atoms with Crippen LogP contribution in [0.5, 0.6) is 0 Å². The minimum atomic E-state index is 0.238. The molecule has 0 aliphatic heterocycles. The molecule has 0 heterocycles. The summed E-state index contributed by atoms with van der Waals surface area (Å²) in [7, 11) is 0. The third kappa shape index (κ3) is 4.89. The van der Waals surface area contributed by atoms with Gasteiger partial charge in [-0.05, 0) is 25.3 Å². The Kier molecular flexibility index (Phi) is 6.35. The van der Waals surface area contributed by atoms with Gasteiger partial charge < -0.3 is 0 Å². The number of hydrogen-bond acceptors (Lipinski definition) is 1. The quantitative estimate of drug-likeness (QED) is 0.452. The van der Waals surface area contributed by atoms with Crippen LogP contribution in [0.3, 0.4) is 0 Å². The molecule has 0 aliphatic carbocycles. The van der Waals surface area contributed by atoms with Crippen molar-refractivity contribution in [3.8, 4) is 0 Å². The maximum Gasteiger partial charge on any atom is 0.162 e. The lowest BCUT2D eigenvalue weighted by atomic mass is 10.1. The van der Waals surface area contributed by atoms with Crippen LogP contribution in [-0.4, -0.2) is 5.78 Å². The summed E-state index contributed by atoms with van der Waals surface area (Å²) in [4.78, 5) is 11.3. The zero-order valence-electron chi connectivity index (χ0n) is 8.26. The second-order valence-electron chi connectivity index (χ2n) is 2.80. The second-order valence-corrected chi connectivity index (χ2v) is 2.80. The van der Waals surface area contributed by atoms with Gasteiger partial charge in [0, 0.05) is 6.42 Å². The summed E-state index contributed by atoms with van der Waals surface area (Å²) < 4.78 is 0. The molecular weight excluding hydrogens is 148 g/mol. The number of carbonyl (C=O) groups excluding carboxylic acids is 1. The van der Waals surface area contributed by atoms with Gasteiger partial charge in [0.1, 0.15) is 0 Å². The van der Waals surface area contributed by atoms with Crippen LogP contribution in [0.15, 0.2) is 23.8 Å². The predicted molar refractivity (Wildman–Crippen MR) is 53.1 cm³/mol. The van der Waals surface area contributed by atoms with E-state index < -0.39 is 0 Å². The minimum absolute atomic E-state index is 0.238. The van der Waals surface area contributed by atoms with Crippen molar-refractivity contribution in [1.29, 1.82) is 0 Å². The van der Waals surface area contributed by atoms with Crippen molar-refractivity contribution in [3.63, 3.8) is 0 Å². The van der Waals surface area contributed by atoms with Gasteiger partial charge in [-0.1, -0.05) is 32.1 Å². The molecule has 0 saturated heterocycles. The highest BCUT2D eigenvalue weighted by atomic mass is 16.1. The first-order valence-electron chi connectivity index (χ1n) is 4.57. The zero-order valence-corrected chi connectivity index (χ0v) is 8.26. The Morgan fingerprint density at radius 3 is 2.33 bits per heavy atom. The summed E-state index contributed by atoms with van der Waals surface area (Å²) >= 11 is 0. The normalized spacial score (nSPS) is 12.4. The molecule has 0 aromatic rings. The monoisotopic (exact) mass is 166 g/mol. The van der Waals surface area contributed by atoms with E-state index in [0.29, 0.717) is 6.42 Å². The Morgan fingerprint density at radius 2 is 1.83 bits per heavy atom. The molecule has 0 N–H and O–H groups in total. The molecule has 0 amide bonds. The van der Waals surface area contributed by atoms with Crippen molar-refractivity contribution < 1.29 is 4.79 Å². The lowest BCUT2D eigenvalue weighted by Gasteiger charge is -1.95. The molecule has 12 heavy (non-hydrogen) atoms. The fourth-order valence-corrected chi connectivity index (χ4v) is 0.938. The molecule has 0 aromatic heterocycles. The van der Waals surface area contributed by atoms with Gasteiger partial charge in [0.2, 0.25) is 0 Å². The SMILES string of the molecule is CCC=CCC(=O)C(C)=CCC. The smallest absolute Gasteiger partial charge is 0.162 e. The summed E-state index contributed by atoms with van der Waals surface area (Å²) in [6, 6.07) is 0. The summed E-state index contributed by atoms with van der Waals surface area (Å²) in [5, 5.41) is 0. The number of carbonyl (C=O) groups is 1. The summed E-state index contributed by atoms with van der Waals surface area (Å²) in [6.07, 6.45) is 8.43. The summed E-state index contributed by atoms with van der Waals surface area (Å²) in [5.74, 6) is 0.238. The van der Waals surface area contributed by atoms with E-state index in [0.717, 1.165) is 18.4 Å². The zero-order chi connectivity index (χ0) is 9.40. The van der Waals surface area contributed by atoms with Crippen LogP contribution in [0.4, 0.5) is 0 Å². The fraction of sp³-hybridized carbons (Fsp3) is 0.545. The molecule has 0 saturated carbocycles. The molecule has 0 spiro atoms. The van der Waals surface area contributed by atoms with Gasteiger partial charge in [-0.15, -0.1) is 0 Å². The highest BCUT2D eigenvalue weighted by molar-refractivity contribution is 5.95. The maximum absolute atomic E-state index is 11.3. The molecule has 0 fully saturated rings. The molecule has 1 nitrogen and oxygen atoms in total. The fourth-order valence-electron chi connectivity index (χ4n) is 0.938.